The molecule has 8 nitrogen and oxygen atoms in total. The number of guanidine groups is 1. The topological polar surface area (TPSA) is 99.0 Å². The molecule has 0 aliphatic rings. The molecule has 0 fully saturated rings. The minimum atomic E-state index is -0.297. The number of aliphatic imine (C=N–C) groups is 1. The van der Waals surface area contributed by atoms with Gasteiger partial charge in [-0.1, -0.05) is 24.3 Å². The Labute approximate surface area is 216 Å². The summed E-state index contributed by atoms with van der Waals surface area (Å²) in [6.07, 6.45) is 1.47. The smallest absolute Gasteiger partial charge is 0.291 e. The van der Waals surface area contributed by atoms with Gasteiger partial charge in [0, 0.05) is 38.4 Å². The average molecular weight is 575 g/mol. The highest BCUT2D eigenvalue weighted by Gasteiger charge is 2.09. The Kier molecular flexibility index (Phi) is 10.6. The predicted octanol–water partition coefficient (Wildman–Crippen LogP) is 4.11. The van der Waals surface area contributed by atoms with E-state index in [-0.39, 0.29) is 41.6 Å². The number of carbonyl (C=O) groups excluding carboxylic acids is 2. The zero-order chi connectivity index (χ0) is 23.6. The number of rotatable bonds is 8. The molecule has 180 valence electrons. The Bertz CT molecular complexity index is 1100. The van der Waals surface area contributed by atoms with Crippen LogP contribution in [0.25, 0.3) is 0 Å². The number of furan rings is 1. The van der Waals surface area contributed by atoms with Crippen molar-refractivity contribution in [2.75, 3.05) is 26.0 Å². The molecule has 9 heteroatoms. The number of nitrogens with zero attached hydrogens (tertiary/aromatic N) is 2. The first-order valence-electron chi connectivity index (χ1n) is 10.7. The molecule has 0 bridgehead atoms. The molecule has 0 saturated carbocycles. The molecule has 2 amide bonds. The zero-order valence-corrected chi connectivity index (χ0v) is 21.8. The Balaban J connectivity index is 0.00000408. The van der Waals surface area contributed by atoms with E-state index in [4.69, 9.17) is 4.42 Å². The van der Waals surface area contributed by atoms with E-state index in [9.17, 15) is 9.59 Å². The van der Waals surface area contributed by atoms with Crippen LogP contribution >= 0.6 is 24.0 Å². The van der Waals surface area contributed by atoms with Crippen molar-refractivity contribution in [1.82, 2.24) is 15.5 Å². The zero-order valence-electron chi connectivity index (χ0n) is 19.5. The normalized spacial score (nSPS) is 10.7. The minimum absolute atomic E-state index is 0. The van der Waals surface area contributed by atoms with E-state index in [0.29, 0.717) is 30.3 Å². The summed E-state index contributed by atoms with van der Waals surface area (Å²) in [6.45, 7) is 3.74. The summed E-state index contributed by atoms with van der Waals surface area (Å²) in [6, 6.07) is 18.3. The van der Waals surface area contributed by atoms with Crippen molar-refractivity contribution in [3.63, 3.8) is 0 Å². The number of carbonyl (C=O) groups is 2. The molecule has 34 heavy (non-hydrogen) atoms. The molecule has 0 spiro atoms. The number of hydrogen-bond donors (Lipinski definition) is 3. The largest absolute Gasteiger partial charge is 0.459 e. The van der Waals surface area contributed by atoms with E-state index in [2.05, 4.69) is 20.9 Å². The maximum absolute atomic E-state index is 12.2. The van der Waals surface area contributed by atoms with Gasteiger partial charge in [0.2, 0.25) is 0 Å². The molecular formula is C25H30IN5O3. The van der Waals surface area contributed by atoms with Crippen LogP contribution in [-0.4, -0.2) is 43.3 Å². The van der Waals surface area contributed by atoms with Crippen LogP contribution in [0.1, 0.15) is 39.0 Å². The van der Waals surface area contributed by atoms with Crippen molar-refractivity contribution in [2.24, 2.45) is 4.99 Å². The number of halogens is 1. The lowest BCUT2D eigenvalue weighted by molar-refractivity contribution is 0.0827. The summed E-state index contributed by atoms with van der Waals surface area (Å²) in [5, 5.41) is 9.36. The first-order valence-corrected chi connectivity index (χ1v) is 10.7. The van der Waals surface area contributed by atoms with Crippen LogP contribution in [0.4, 0.5) is 5.69 Å². The van der Waals surface area contributed by atoms with Crippen LogP contribution in [0.3, 0.4) is 0 Å². The number of benzene rings is 2. The summed E-state index contributed by atoms with van der Waals surface area (Å²) >= 11 is 0. The predicted molar refractivity (Wildman–Crippen MR) is 145 cm³/mol. The van der Waals surface area contributed by atoms with Crippen molar-refractivity contribution < 1.29 is 14.0 Å². The van der Waals surface area contributed by atoms with E-state index in [1.54, 1.807) is 31.1 Å². The second kappa shape index (κ2) is 13.4. The molecule has 2 aromatic carbocycles. The number of anilines is 1. The summed E-state index contributed by atoms with van der Waals surface area (Å²) < 4.78 is 5.13. The van der Waals surface area contributed by atoms with Crippen molar-refractivity contribution in [3.05, 3.63) is 89.4 Å². The van der Waals surface area contributed by atoms with Gasteiger partial charge in [-0.05, 0) is 54.4 Å². The van der Waals surface area contributed by atoms with Crippen molar-refractivity contribution >= 4 is 47.4 Å². The van der Waals surface area contributed by atoms with Gasteiger partial charge in [0.05, 0.1) is 12.8 Å². The lowest BCUT2D eigenvalue weighted by Gasteiger charge is -2.13. The van der Waals surface area contributed by atoms with Crippen molar-refractivity contribution in [1.29, 1.82) is 0 Å². The second-order valence-corrected chi connectivity index (χ2v) is 7.58. The van der Waals surface area contributed by atoms with E-state index >= 15 is 0 Å². The Morgan fingerprint density at radius 2 is 1.74 bits per heavy atom. The van der Waals surface area contributed by atoms with E-state index in [1.807, 2.05) is 55.5 Å². The molecule has 1 heterocycles. The quantitative estimate of drug-likeness (QED) is 0.214. The fourth-order valence-corrected chi connectivity index (χ4v) is 3.07. The monoisotopic (exact) mass is 575 g/mol. The minimum Gasteiger partial charge on any atom is -0.459 e. The van der Waals surface area contributed by atoms with Crippen LogP contribution in [0.5, 0.6) is 0 Å². The molecule has 0 aliphatic carbocycles. The highest BCUT2D eigenvalue weighted by molar-refractivity contribution is 14.0. The Morgan fingerprint density at radius 1 is 0.971 bits per heavy atom. The highest BCUT2D eigenvalue weighted by atomic mass is 127. The lowest BCUT2D eigenvalue weighted by atomic mass is 10.1. The SMILES string of the molecule is CCNC(=NCc1cccc(NC(=O)c2ccco2)c1)NCc1ccc(C(=O)N(C)C)cc1.I. The van der Waals surface area contributed by atoms with Gasteiger partial charge in [-0.15, -0.1) is 24.0 Å². The molecule has 3 aromatic rings. The maximum atomic E-state index is 12.2. The van der Waals surface area contributed by atoms with Gasteiger partial charge >= 0.3 is 0 Å². The lowest BCUT2D eigenvalue weighted by Crippen LogP contribution is -2.36. The number of amides is 2. The van der Waals surface area contributed by atoms with E-state index < -0.39 is 0 Å². The van der Waals surface area contributed by atoms with Gasteiger partial charge < -0.3 is 25.3 Å². The van der Waals surface area contributed by atoms with Crippen molar-refractivity contribution in [3.8, 4) is 0 Å². The summed E-state index contributed by atoms with van der Waals surface area (Å²) in [5.41, 5.74) is 3.33. The van der Waals surface area contributed by atoms with Gasteiger partial charge in [-0.25, -0.2) is 4.99 Å². The molecule has 0 unspecified atom stereocenters. The fourth-order valence-electron chi connectivity index (χ4n) is 3.07. The van der Waals surface area contributed by atoms with Crippen LogP contribution < -0.4 is 16.0 Å². The Hall–Kier alpha value is -3.34. The summed E-state index contributed by atoms with van der Waals surface area (Å²) in [7, 11) is 3.47. The van der Waals surface area contributed by atoms with Gasteiger partial charge in [0.25, 0.3) is 11.8 Å². The molecular weight excluding hydrogens is 545 g/mol. The van der Waals surface area contributed by atoms with Crippen LogP contribution in [0.2, 0.25) is 0 Å². The molecule has 0 atom stereocenters. The third-order valence-electron chi connectivity index (χ3n) is 4.76. The molecule has 0 radical (unpaired) electrons. The van der Waals surface area contributed by atoms with E-state index in [1.165, 1.54) is 6.26 Å². The summed E-state index contributed by atoms with van der Waals surface area (Å²) in [4.78, 5) is 30.4. The summed E-state index contributed by atoms with van der Waals surface area (Å²) in [5.74, 6) is 0.619. The third kappa shape index (κ3) is 7.91. The van der Waals surface area contributed by atoms with Gasteiger partial charge in [-0.3, -0.25) is 9.59 Å². The molecule has 3 N–H and O–H groups in total. The van der Waals surface area contributed by atoms with Crippen LogP contribution in [0, 0.1) is 0 Å². The third-order valence-corrected chi connectivity index (χ3v) is 4.76. The first-order chi connectivity index (χ1) is 16.0. The standard InChI is InChI=1S/C25H29N5O3.HI/c1-4-26-25(27-16-18-10-12-20(13-11-18)24(32)30(2)3)28-17-19-7-5-8-21(15-19)29-23(31)22-9-6-14-33-22;/h5-15H,4,16-17H2,1-3H3,(H,29,31)(H2,26,27,28);1H. The number of hydrogen-bond acceptors (Lipinski definition) is 4. The fraction of sp³-hybridized carbons (Fsp3) is 0.240. The average Bonchev–Trinajstić information content (AvgIpc) is 3.36. The second-order valence-electron chi connectivity index (χ2n) is 7.58. The molecule has 3 rings (SSSR count). The van der Waals surface area contributed by atoms with Crippen LogP contribution in [-0.2, 0) is 13.1 Å². The maximum Gasteiger partial charge on any atom is 0.291 e. The van der Waals surface area contributed by atoms with Crippen LogP contribution in [0.15, 0.2) is 76.3 Å². The van der Waals surface area contributed by atoms with Gasteiger partial charge in [-0.2, -0.15) is 0 Å². The Morgan fingerprint density at radius 3 is 2.38 bits per heavy atom. The molecule has 1 aromatic heterocycles. The van der Waals surface area contributed by atoms with Crippen molar-refractivity contribution in [2.45, 2.75) is 20.0 Å². The molecule has 0 saturated heterocycles. The first kappa shape index (κ1) is 26.9. The van der Waals surface area contributed by atoms with Gasteiger partial charge in [0.1, 0.15) is 0 Å². The van der Waals surface area contributed by atoms with E-state index in [0.717, 1.165) is 17.7 Å². The highest BCUT2D eigenvalue weighted by Crippen LogP contribution is 2.13. The number of nitrogens with one attached hydrogen (secondary N) is 3. The molecule has 0 aliphatic heterocycles. The van der Waals surface area contributed by atoms with Gasteiger partial charge in [0.15, 0.2) is 11.7 Å².